The van der Waals surface area contributed by atoms with Crippen LogP contribution in [0.2, 0.25) is 0 Å². The van der Waals surface area contributed by atoms with Crippen LogP contribution in [0.5, 0.6) is 0 Å². The Bertz CT molecular complexity index is 646. The van der Waals surface area contributed by atoms with E-state index in [2.05, 4.69) is 6.07 Å². The third-order valence-electron chi connectivity index (χ3n) is 3.18. The lowest BCUT2D eigenvalue weighted by molar-refractivity contribution is 0.308. The maximum atomic E-state index is 11.9. The van der Waals surface area contributed by atoms with Crippen LogP contribution in [0, 0.1) is 13.0 Å². The van der Waals surface area contributed by atoms with Crippen LogP contribution in [0.1, 0.15) is 24.0 Å². The zero-order valence-corrected chi connectivity index (χ0v) is 12.9. The Morgan fingerprint density at radius 3 is 2.52 bits per heavy atom. The first-order chi connectivity index (χ1) is 10.1. The van der Waals surface area contributed by atoms with E-state index in [-0.39, 0.29) is 11.5 Å². The molecule has 0 spiro atoms. The molecule has 2 rings (SSSR count). The minimum Gasteiger partial charge on any atom is -0.266 e. The molecule has 0 saturated carbocycles. The number of hydrogen-bond donors (Lipinski definition) is 0. The average molecular weight is 303 g/mol. The summed E-state index contributed by atoms with van der Waals surface area (Å²) in [5, 5.41) is 0. The highest BCUT2D eigenvalue weighted by Gasteiger charge is 2.14. The molecule has 0 amide bonds. The second-order valence-electron chi connectivity index (χ2n) is 4.96. The zero-order valence-electron chi connectivity index (χ0n) is 12.1. The SMILES string of the molecule is Cc1ccc(S(=O)(=O)OCCCCc2c[c]ccc2)cc1. The average Bonchev–Trinajstić information content (AvgIpc) is 2.48. The summed E-state index contributed by atoms with van der Waals surface area (Å²) in [7, 11) is -3.63. The first-order valence-electron chi connectivity index (χ1n) is 6.99. The van der Waals surface area contributed by atoms with E-state index < -0.39 is 10.1 Å². The van der Waals surface area contributed by atoms with Gasteiger partial charge in [0.1, 0.15) is 0 Å². The summed E-state index contributed by atoms with van der Waals surface area (Å²) < 4.78 is 29.0. The van der Waals surface area contributed by atoms with E-state index in [0.29, 0.717) is 6.42 Å². The molecule has 2 aromatic rings. The number of aryl methyl sites for hydroxylation is 2. The van der Waals surface area contributed by atoms with Crippen molar-refractivity contribution in [2.24, 2.45) is 0 Å². The van der Waals surface area contributed by atoms with Gasteiger partial charge in [0, 0.05) is 0 Å². The van der Waals surface area contributed by atoms with Crippen molar-refractivity contribution >= 4 is 10.1 Å². The van der Waals surface area contributed by atoms with Crippen molar-refractivity contribution in [1.82, 2.24) is 0 Å². The second kappa shape index (κ2) is 7.38. The molecule has 2 aromatic carbocycles. The molecular weight excluding hydrogens is 284 g/mol. The quantitative estimate of drug-likeness (QED) is 0.580. The Morgan fingerprint density at radius 2 is 1.86 bits per heavy atom. The van der Waals surface area contributed by atoms with Crippen LogP contribution >= 0.6 is 0 Å². The Labute approximate surface area is 126 Å². The lowest BCUT2D eigenvalue weighted by atomic mass is 10.1. The van der Waals surface area contributed by atoms with Crippen LogP contribution < -0.4 is 0 Å². The van der Waals surface area contributed by atoms with E-state index in [1.807, 2.05) is 31.2 Å². The Balaban J connectivity index is 1.76. The third kappa shape index (κ3) is 4.99. The minimum absolute atomic E-state index is 0.214. The van der Waals surface area contributed by atoms with Crippen LogP contribution in [-0.4, -0.2) is 15.0 Å². The van der Waals surface area contributed by atoms with Gasteiger partial charge in [-0.25, -0.2) is 0 Å². The largest absolute Gasteiger partial charge is 0.296 e. The van der Waals surface area contributed by atoms with Crippen LogP contribution in [0.4, 0.5) is 0 Å². The number of rotatable bonds is 7. The van der Waals surface area contributed by atoms with E-state index in [0.717, 1.165) is 18.4 Å². The summed E-state index contributed by atoms with van der Waals surface area (Å²) in [5.41, 5.74) is 2.23. The molecule has 0 unspecified atom stereocenters. The lowest BCUT2D eigenvalue weighted by Gasteiger charge is -2.06. The van der Waals surface area contributed by atoms with Gasteiger partial charge in [-0.15, -0.1) is 0 Å². The molecular formula is C17H19O3S. The summed E-state index contributed by atoms with van der Waals surface area (Å²) in [6.45, 7) is 2.13. The van der Waals surface area contributed by atoms with Gasteiger partial charge in [0.25, 0.3) is 10.1 Å². The molecule has 0 aliphatic rings. The van der Waals surface area contributed by atoms with Crippen molar-refractivity contribution in [3.8, 4) is 0 Å². The van der Waals surface area contributed by atoms with E-state index in [1.165, 1.54) is 5.56 Å². The van der Waals surface area contributed by atoms with Gasteiger partial charge in [-0.3, -0.25) is 4.18 Å². The summed E-state index contributed by atoms with van der Waals surface area (Å²) in [6.07, 6.45) is 2.51. The molecule has 0 fully saturated rings. The monoisotopic (exact) mass is 303 g/mol. The van der Waals surface area contributed by atoms with Gasteiger partial charge in [-0.05, 0) is 49.9 Å². The molecule has 21 heavy (non-hydrogen) atoms. The van der Waals surface area contributed by atoms with Crippen LogP contribution in [-0.2, 0) is 20.7 Å². The zero-order chi connectivity index (χ0) is 15.1. The first-order valence-corrected chi connectivity index (χ1v) is 8.40. The van der Waals surface area contributed by atoms with Crippen LogP contribution in [0.25, 0.3) is 0 Å². The maximum absolute atomic E-state index is 11.9. The Morgan fingerprint density at radius 1 is 1.10 bits per heavy atom. The standard InChI is InChI=1S/C17H19O3S/c1-15-10-12-17(13-11-15)21(18,19)20-14-6-5-9-16-7-3-2-4-8-16/h2-3,7-8,10-13H,5-6,9,14H2,1H3. The molecule has 0 N–H and O–H groups in total. The highest BCUT2D eigenvalue weighted by atomic mass is 32.2. The van der Waals surface area contributed by atoms with Gasteiger partial charge >= 0.3 is 0 Å². The number of benzene rings is 2. The summed E-state index contributed by atoms with van der Waals surface area (Å²) in [4.78, 5) is 0.214. The summed E-state index contributed by atoms with van der Waals surface area (Å²) in [6, 6.07) is 17.5. The molecule has 0 aromatic heterocycles. The molecule has 0 bridgehead atoms. The predicted octanol–water partition coefficient (Wildman–Crippen LogP) is 3.52. The van der Waals surface area contributed by atoms with Crippen molar-refractivity contribution < 1.29 is 12.6 Å². The second-order valence-corrected chi connectivity index (χ2v) is 6.57. The van der Waals surface area contributed by atoms with Crippen LogP contribution in [0.3, 0.4) is 0 Å². The van der Waals surface area contributed by atoms with Crippen molar-refractivity contribution in [3.05, 3.63) is 65.7 Å². The topological polar surface area (TPSA) is 43.4 Å². The van der Waals surface area contributed by atoms with E-state index >= 15 is 0 Å². The smallest absolute Gasteiger partial charge is 0.266 e. The van der Waals surface area contributed by atoms with Crippen molar-refractivity contribution in [2.75, 3.05) is 6.61 Å². The first kappa shape index (κ1) is 15.7. The fraction of sp³-hybridized carbons (Fsp3) is 0.294. The molecule has 0 aliphatic carbocycles. The third-order valence-corrected chi connectivity index (χ3v) is 4.51. The molecule has 0 atom stereocenters. The molecule has 0 heterocycles. The fourth-order valence-electron chi connectivity index (χ4n) is 1.96. The van der Waals surface area contributed by atoms with Gasteiger partial charge < -0.3 is 0 Å². The molecule has 0 aliphatic heterocycles. The van der Waals surface area contributed by atoms with E-state index in [4.69, 9.17) is 4.18 Å². The normalized spacial score (nSPS) is 11.5. The highest BCUT2D eigenvalue weighted by molar-refractivity contribution is 7.86. The highest BCUT2D eigenvalue weighted by Crippen LogP contribution is 2.14. The fourth-order valence-corrected chi connectivity index (χ4v) is 2.90. The van der Waals surface area contributed by atoms with Gasteiger partial charge in [-0.2, -0.15) is 8.42 Å². The molecule has 4 heteroatoms. The summed E-state index contributed by atoms with van der Waals surface area (Å²) in [5.74, 6) is 0. The van der Waals surface area contributed by atoms with Gasteiger partial charge in [0.2, 0.25) is 0 Å². The minimum atomic E-state index is -3.63. The van der Waals surface area contributed by atoms with Crippen molar-refractivity contribution in [1.29, 1.82) is 0 Å². The van der Waals surface area contributed by atoms with Gasteiger partial charge in [-0.1, -0.05) is 42.0 Å². The molecule has 111 valence electrons. The number of unbranched alkanes of at least 4 members (excludes halogenated alkanes) is 1. The Hall–Kier alpha value is -1.65. The molecule has 1 radical (unpaired) electrons. The Kier molecular flexibility index (Phi) is 5.53. The van der Waals surface area contributed by atoms with E-state index in [1.54, 1.807) is 24.3 Å². The predicted molar refractivity (Wildman–Crippen MR) is 82.5 cm³/mol. The van der Waals surface area contributed by atoms with Gasteiger partial charge in [0.15, 0.2) is 0 Å². The maximum Gasteiger partial charge on any atom is 0.296 e. The van der Waals surface area contributed by atoms with Crippen molar-refractivity contribution in [2.45, 2.75) is 31.1 Å². The number of hydrogen-bond acceptors (Lipinski definition) is 3. The van der Waals surface area contributed by atoms with Crippen molar-refractivity contribution in [3.63, 3.8) is 0 Å². The summed E-state index contributed by atoms with van der Waals surface area (Å²) >= 11 is 0. The molecule has 0 saturated heterocycles. The molecule has 3 nitrogen and oxygen atoms in total. The lowest BCUT2D eigenvalue weighted by Crippen LogP contribution is -2.07. The van der Waals surface area contributed by atoms with Crippen LogP contribution in [0.15, 0.2) is 53.4 Å². The van der Waals surface area contributed by atoms with E-state index in [9.17, 15) is 8.42 Å². The van der Waals surface area contributed by atoms with Gasteiger partial charge in [0.05, 0.1) is 11.5 Å².